The number of nitrogens with one attached hydrogen (secondary N) is 1. The number of benzene rings is 1. The molecule has 0 heterocycles. The number of carbonyl (C=O) groups excluding carboxylic acids is 1. The highest BCUT2D eigenvalue weighted by Crippen LogP contribution is 1.99. The van der Waals surface area contributed by atoms with Gasteiger partial charge in [-0.25, -0.2) is 5.43 Å². The van der Waals surface area contributed by atoms with E-state index in [4.69, 9.17) is 5.11 Å². The van der Waals surface area contributed by atoms with Gasteiger partial charge in [-0.2, -0.15) is 5.10 Å². The largest absolute Gasteiger partial charge is 0.481 e. The van der Waals surface area contributed by atoms with Crippen molar-refractivity contribution >= 4 is 24.2 Å². The summed E-state index contributed by atoms with van der Waals surface area (Å²) >= 11 is 0. The molecule has 2 N–H and O–H groups in total. The van der Waals surface area contributed by atoms with Crippen LogP contribution in [0.15, 0.2) is 41.5 Å². The van der Waals surface area contributed by atoms with Crippen molar-refractivity contribution in [2.24, 2.45) is 5.10 Å². The zero-order valence-corrected chi connectivity index (χ0v) is 9.04. The van der Waals surface area contributed by atoms with E-state index in [1.807, 2.05) is 36.4 Å². The molecule has 0 aliphatic heterocycles. The summed E-state index contributed by atoms with van der Waals surface area (Å²) in [6, 6.07) is 9.58. The number of carboxylic acids is 1. The Hall–Kier alpha value is -2.43. The first-order valence-electron chi connectivity index (χ1n) is 4.94. The van der Waals surface area contributed by atoms with Gasteiger partial charge in [-0.3, -0.25) is 9.59 Å². The summed E-state index contributed by atoms with van der Waals surface area (Å²) in [5.41, 5.74) is 3.11. The quantitative estimate of drug-likeness (QED) is 0.456. The molecule has 1 aromatic carbocycles. The number of aliphatic carboxylic acids is 1. The molecule has 0 bridgehead atoms. The van der Waals surface area contributed by atoms with Crippen molar-refractivity contribution in [3.63, 3.8) is 0 Å². The zero-order valence-electron chi connectivity index (χ0n) is 9.04. The van der Waals surface area contributed by atoms with E-state index in [1.54, 1.807) is 6.08 Å². The summed E-state index contributed by atoms with van der Waals surface area (Å²) in [6.45, 7) is 0. The van der Waals surface area contributed by atoms with Crippen LogP contribution in [0.3, 0.4) is 0 Å². The van der Waals surface area contributed by atoms with Crippen LogP contribution in [-0.4, -0.2) is 23.2 Å². The van der Waals surface area contributed by atoms with Crippen molar-refractivity contribution < 1.29 is 14.7 Å². The Kier molecular flexibility index (Phi) is 5.16. The van der Waals surface area contributed by atoms with E-state index < -0.39 is 18.3 Å². The maximum atomic E-state index is 10.9. The van der Waals surface area contributed by atoms with Crippen LogP contribution in [0, 0.1) is 0 Å². The van der Waals surface area contributed by atoms with E-state index in [2.05, 4.69) is 10.5 Å². The molecule has 0 unspecified atom stereocenters. The number of nitrogens with zero attached hydrogens (tertiary/aromatic N) is 1. The van der Waals surface area contributed by atoms with E-state index in [-0.39, 0.29) is 0 Å². The van der Waals surface area contributed by atoms with Gasteiger partial charge in [0.1, 0.15) is 6.42 Å². The molecule has 0 radical (unpaired) electrons. The summed E-state index contributed by atoms with van der Waals surface area (Å²) < 4.78 is 0. The van der Waals surface area contributed by atoms with Crippen LogP contribution in [0.25, 0.3) is 6.08 Å². The third kappa shape index (κ3) is 5.88. The van der Waals surface area contributed by atoms with Crippen molar-refractivity contribution in [2.45, 2.75) is 6.42 Å². The van der Waals surface area contributed by atoms with Crippen LogP contribution in [0.5, 0.6) is 0 Å². The van der Waals surface area contributed by atoms with Gasteiger partial charge in [0, 0.05) is 6.21 Å². The number of rotatable bonds is 5. The number of hydrogen-bond donors (Lipinski definition) is 2. The topological polar surface area (TPSA) is 78.8 Å². The molecule has 0 saturated carbocycles. The number of allylic oxidation sites excluding steroid dienone is 1. The normalized spacial score (nSPS) is 10.8. The van der Waals surface area contributed by atoms with Crippen molar-refractivity contribution in [2.75, 3.05) is 0 Å². The standard InChI is InChI=1S/C12H12N2O3/c15-11(9-12(16)17)14-13-8-4-7-10-5-2-1-3-6-10/h1-8H,9H2,(H,14,15)(H,16,17). The molecular weight excluding hydrogens is 220 g/mol. The van der Waals surface area contributed by atoms with Gasteiger partial charge in [-0.1, -0.05) is 36.4 Å². The third-order valence-electron chi connectivity index (χ3n) is 1.75. The Labute approximate surface area is 98.5 Å². The van der Waals surface area contributed by atoms with Gasteiger partial charge in [0.15, 0.2) is 0 Å². The molecule has 0 atom stereocenters. The van der Waals surface area contributed by atoms with Gasteiger partial charge in [0.2, 0.25) is 0 Å². The molecule has 5 heteroatoms. The lowest BCUT2D eigenvalue weighted by Gasteiger charge is -1.93. The fourth-order valence-corrected chi connectivity index (χ4v) is 1.05. The van der Waals surface area contributed by atoms with E-state index >= 15 is 0 Å². The predicted molar refractivity (Wildman–Crippen MR) is 64.4 cm³/mol. The average molecular weight is 232 g/mol. The molecule has 0 spiro atoms. The second-order valence-corrected chi connectivity index (χ2v) is 3.15. The molecule has 0 aliphatic carbocycles. The fourth-order valence-electron chi connectivity index (χ4n) is 1.05. The molecule has 0 aliphatic rings. The highest BCUT2D eigenvalue weighted by Gasteiger charge is 2.04. The number of hydrazone groups is 1. The minimum atomic E-state index is -1.18. The molecule has 0 saturated heterocycles. The smallest absolute Gasteiger partial charge is 0.312 e. The molecule has 1 rings (SSSR count). The molecule has 17 heavy (non-hydrogen) atoms. The molecule has 88 valence electrons. The summed E-state index contributed by atoms with van der Waals surface area (Å²) in [4.78, 5) is 21.0. The Morgan fingerprint density at radius 1 is 1.29 bits per heavy atom. The Bertz CT molecular complexity index is 438. The third-order valence-corrected chi connectivity index (χ3v) is 1.75. The second-order valence-electron chi connectivity index (χ2n) is 3.15. The SMILES string of the molecule is O=C(O)CC(=O)NN=CC=Cc1ccccc1. The van der Waals surface area contributed by atoms with Gasteiger partial charge < -0.3 is 5.11 Å². The Balaban J connectivity index is 2.33. The van der Waals surface area contributed by atoms with Crippen LogP contribution in [0.4, 0.5) is 0 Å². The number of amides is 1. The van der Waals surface area contributed by atoms with Crippen LogP contribution in [0.2, 0.25) is 0 Å². The first-order valence-corrected chi connectivity index (χ1v) is 4.94. The minimum absolute atomic E-state index is 0.584. The van der Waals surface area contributed by atoms with Gasteiger partial charge in [-0.05, 0) is 11.6 Å². The molecule has 0 aromatic heterocycles. The maximum Gasteiger partial charge on any atom is 0.312 e. The number of carbonyl (C=O) groups is 2. The van der Waals surface area contributed by atoms with Crippen LogP contribution < -0.4 is 5.43 Å². The summed E-state index contributed by atoms with van der Waals surface area (Å²) in [5.74, 6) is -1.83. The number of carboxylic acid groups (broad SMARTS) is 1. The fraction of sp³-hybridized carbons (Fsp3) is 0.0833. The molecule has 1 amide bonds. The van der Waals surface area contributed by atoms with Gasteiger partial charge >= 0.3 is 5.97 Å². The average Bonchev–Trinajstić information content (AvgIpc) is 2.29. The van der Waals surface area contributed by atoms with Crippen LogP contribution >= 0.6 is 0 Å². The van der Waals surface area contributed by atoms with Crippen molar-refractivity contribution in [3.8, 4) is 0 Å². The first kappa shape index (κ1) is 12.6. The van der Waals surface area contributed by atoms with Crippen LogP contribution in [0.1, 0.15) is 12.0 Å². The maximum absolute atomic E-state index is 10.9. The molecule has 0 fully saturated rings. The summed E-state index contributed by atoms with van der Waals surface area (Å²) in [6.07, 6.45) is 4.26. The predicted octanol–water partition coefficient (Wildman–Crippen LogP) is 1.28. The van der Waals surface area contributed by atoms with E-state index in [0.717, 1.165) is 5.56 Å². The van der Waals surface area contributed by atoms with Crippen molar-refractivity contribution in [1.29, 1.82) is 0 Å². The van der Waals surface area contributed by atoms with Crippen LogP contribution in [-0.2, 0) is 9.59 Å². The molecular formula is C12H12N2O3. The van der Waals surface area contributed by atoms with Gasteiger partial charge in [-0.15, -0.1) is 0 Å². The monoisotopic (exact) mass is 232 g/mol. The number of hydrogen-bond acceptors (Lipinski definition) is 3. The Morgan fingerprint density at radius 2 is 2.00 bits per heavy atom. The van der Waals surface area contributed by atoms with Gasteiger partial charge in [0.25, 0.3) is 5.91 Å². The lowest BCUT2D eigenvalue weighted by Crippen LogP contribution is -2.20. The van der Waals surface area contributed by atoms with Crippen molar-refractivity contribution in [1.82, 2.24) is 5.43 Å². The van der Waals surface area contributed by atoms with Crippen molar-refractivity contribution in [3.05, 3.63) is 42.0 Å². The highest BCUT2D eigenvalue weighted by atomic mass is 16.4. The summed E-state index contributed by atoms with van der Waals surface area (Å²) in [5, 5.41) is 11.9. The second kappa shape index (κ2) is 6.95. The Morgan fingerprint density at radius 3 is 2.65 bits per heavy atom. The van der Waals surface area contributed by atoms with E-state index in [1.165, 1.54) is 6.21 Å². The lowest BCUT2D eigenvalue weighted by molar-refractivity contribution is -0.140. The van der Waals surface area contributed by atoms with E-state index in [9.17, 15) is 9.59 Å². The highest BCUT2D eigenvalue weighted by molar-refractivity contribution is 5.93. The molecule has 1 aromatic rings. The van der Waals surface area contributed by atoms with Gasteiger partial charge in [0.05, 0.1) is 0 Å². The molecule has 5 nitrogen and oxygen atoms in total. The lowest BCUT2D eigenvalue weighted by atomic mass is 10.2. The first-order chi connectivity index (χ1) is 8.18. The minimum Gasteiger partial charge on any atom is -0.481 e. The summed E-state index contributed by atoms with van der Waals surface area (Å²) in [7, 11) is 0. The zero-order chi connectivity index (χ0) is 12.5. The van der Waals surface area contributed by atoms with E-state index in [0.29, 0.717) is 0 Å².